The van der Waals surface area contributed by atoms with Crippen molar-refractivity contribution in [3.05, 3.63) is 255 Å². The van der Waals surface area contributed by atoms with Crippen molar-refractivity contribution in [2.45, 2.75) is 0 Å². The molecule has 0 saturated heterocycles. The van der Waals surface area contributed by atoms with Crippen molar-refractivity contribution in [1.82, 2.24) is 0 Å². The first-order valence-electron chi connectivity index (χ1n) is 22.9. The largest absolute Gasteiger partial charge is 0.456 e. The Labute approximate surface area is 388 Å². The highest BCUT2D eigenvalue weighted by Crippen LogP contribution is 2.47. The lowest BCUT2D eigenvalue weighted by molar-refractivity contribution is 0.669. The van der Waals surface area contributed by atoms with E-state index in [2.05, 4.69) is 252 Å². The minimum atomic E-state index is 0.876. The molecular weight excluding hydrogens is 813 g/mol. The van der Waals surface area contributed by atoms with Crippen LogP contribution in [0, 0.1) is 0 Å². The van der Waals surface area contributed by atoms with Gasteiger partial charge in [-0.15, -0.1) is 0 Å². The van der Waals surface area contributed by atoms with Crippen LogP contribution in [0.2, 0.25) is 0 Å². The van der Waals surface area contributed by atoms with Gasteiger partial charge in [0.05, 0.1) is 11.4 Å². The average Bonchev–Trinajstić information content (AvgIpc) is 3.78. The molecule has 0 N–H and O–H groups in total. The summed E-state index contributed by atoms with van der Waals surface area (Å²) in [5, 5.41) is 12.0. The van der Waals surface area contributed by atoms with E-state index >= 15 is 0 Å². The van der Waals surface area contributed by atoms with Gasteiger partial charge in [-0.1, -0.05) is 182 Å². The topological polar surface area (TPSA) is 19.6 Å². The first-order valence-corrected chi connectivity index (χ1v) is 22.9. The van der Waals surface area contributed by atoms with Crippen LogP contribution in [0.5, 0.6) is 0 Å². The minimum Gasteiger partial charge on any atom is -0.456 e. The SMILES string of the molecule is c1ccc(-c2ccccc2N(c2ccccc2)c2ccc3c(ccc4c5ccc(N(c6ccc7oc8ccccc8c7c6)c6ccccc6-c6ccccc6)cc5c5ccccc5c34)c2)cc1. The van der Waals surface area contributed by atoms with Gasteiger partial charge in [0, 0.05) is 44.6 Å². The van der Waals surface area contributed by atoms with Crippen LogP contribution in [0.4, 0.5) is 34.1 Å². The second-order valence-corrected chi connectivity index (χ2v) is 17.2. The Balaban J connectivity index is 1.01. The number of hydrogen-bond donors (Lipinski definition) is 0. The van der Waals surface area contributed by atoms with Crippen LogP contribution in [0.25, 0.3) is 87.3 Å². The van der Waals surface area contributed by atoms with Crippen molar-refractivity contribution in [3.63, 3.8) is 0 Å². The van der Waals surface area contributed by atoms with Crippen molar-refractivity contribution in [2.24, 2.45) is 0 Å². The highest BCUT2D eigenvalue weighted by Gasteiger charge is 2.22. The van der Waals surface area contributed by atoms with Gasteiger partial charge in [-0.3, -0.25) is 0 Å². The summed E-state index contributed by atoms with van der Waals surface area (Å²) in [4.78, 5) is 4.80. The fourth-order valence-electron chi connectivity index (χ4n) is 10.4. The molecule has 67 heavy (non-hydrogen) atoms. The Hall–Kier alpha value is -8.92. The second-order valence-electron chi connectivity index (χ2n) is 17.2. The smallest absolute Gasteiger partial charge is 0.135 e. The lowest BCUT2D eigenvalue weighted by Gasteiger charge is -2.29. The molecule has 3 heteroatoms. The van der Waals surface area contributed by atoms with E-state index in [1.54, 1.807) is 0 Å². The number of hydrogen-bond acceptors (Lipinski definition) is 3. The summed E-state index contributed by atoms with van der Waals surface area (Å²) in [6.45, 7) is 0. The highest BCUT2D eigenvalue weighted by atomic mass is 16.3. The van der Waals surface area contributed by atoms with Crippen molar-refractivity contribution in [1.29, 1.82) is 0 Å². The van der Waals surface area contributed by atoms with E-state index in [-0.39, 0.29) is 0 Å². The summed E-state index contributed by atoms with van der Waals surface area (Å²) in [5.74, 6) is 0. The predicted molar refractivity (Wildman–Crippen MR) is 284 cm³/mol. The molecule has 1 aromatic heterocycles. The normalized spacial score (nSPS) is 11.6. The number of para-hydroxylation sites is 4. The molecule has 0 amide bonds. The molecule has 0 unspecified atom stereocenters. The van der Waals surface area contributed by atoms with Crippen LogP contribution < -0.4 is 9.80 Å². The van der Waals surface area contributed by atoms with Gasteiger partial charge in [-0.05, 0) is 127 Å². The molecule has 13 aromatic rings. The van der Waals surface area contributed by atoms with Crippen molar-refractivity contribution < 1.29 is 4.42 Å². The third kappa shape index (κ3) is 6.51. The molecule has 13 rings (SSSR count). The van der Waals surface area contributed by atoms with E-state index in [4.69, 9.17) is 4.42 Å². The van der Waals surface area contributed by atoms with Crippen LogP contribution in [0.1, 0.15) is 0 Å². The predicted octanol–water partition coefficient (Wildman–Crippen LogP) is 18.5. The van der Waals surface area contributed by atoms with E-state index in [0.717, 1.165) is 67.2 Å². The van der Waals surface area contributed by atoms with Gasteiger partial charge in [0.25, 0.3) is 0 Å². The maximum atomic E-state index is 6.33. The number of furan rings is 1. The summed E-state index contributed by atoms with van der Waals surface area (Å²) < 4.78 is 6.33. The van der Waals surface area contributed by atoms with Gasteiger partial charge in [0.2, 0.25) is 0 Å². The zero-order valence-corrected chi connectivity index (χ0v) is 36.6. The van der Waals surface area contributed by atoms with Gasteiger partial charge in [-0.25, -0.2) is 0 Å². The lowest BCUT2D eigenvalue weighted by Crippen LogP contribution is -2.11. The molecule has 12 aromatic carbocycles. The van der Waals surface area contributed by atoms with Crippen LogP contribution >= 0.6 is 0 Å². The van der Waals surface area contributed by atoms with E-state index in [1.165, 1.54) is 54.2 Å². The molecule has 0 radical (unpaired) electrons. The number of anilines is 6. The number of fused-ring (bicyclic) bond motifs is 11. The Morgan fingerprint density at radius 3 is 1.39 bits per heavy atom. The third-order valence-corrected chi connectivity index (χ3v) is 13.4. The Morgan fingerprint density at radius 2 is 0.701 bits per heavy atom. The molecule has 3 nitrogen and oxygen atoms in total. The Morgan fingerprint density at radius 1 is 0.254 bits per heavy atom. The standard InChI is InChI=1S/C64H42N2O/c1-4-18-43(19-5-1)50-24-12-15-29-60(50)65(46-22-8-3-9-23-46)47-33-37-52-45(40-47)32-36-57-54-38-34-48(41-58(54)53-26-10-11-28-56(53)64(52)57)66(61-30-16-13-25-51(61)44-20-6-2-7-21-44)49-35-39-63-59(42-49)55-27-14-17-31-62(55)67-63/h1-42H. The molecule has 0 saturated carbocycles. The molecule has 0 aliphatic carbocycles. The zero-order valence-electron chi connectivity index (χ0n) is 36.6. The molecule has 0 fully saturated rings. The van der Waals surface area contributed by atoms with E-state index in [1.807, 2.05) is 12.1 Å². The first kappa shape index (κ1) is 38.5. The summed E-state index contributed by atoms with van der Waals surface area (Å²) in [6.07, 6.45) is 0. The van der Waals surface area contributed by atoms with Crippen molar-refractivity contribution in [3.8, 4) is 22.3 Å². The number of nitrogens with zero attached hydrogens (tertiary/aromatic N) is 2. The van der Waals surface area contributed by atoms with E-state index in [0.29, 0.717) is 0 Å². The minimum absolute atomic E-state index is 0.876. The van der Waals surface area contributed by atoms with Gasteiger partial charge in [-0.2, -0.15) is 0 Å². The van der Waals surface area contributed by atoms with Crippen LogP contribution in [-0.4, -0.2) is 0 Å². The summed E-state index contributed by atoms with van der Waals surface area (Å²) in [6, 6.07) is 92.0. The number of rotatable bonds is 8. The van der Waals surface area contributed by atoms with E-state index in [9.17, 15) is 0 Å². The van der Waals surface area contributed by atoms with Gasteiger partial charge in [0.15, 0.2) is 0 Å². The summed E-state index contributed by atoms with van der Waals surface area (Å²) >= 11 is 0. The molecule has 0 spiro atoms. The van der Waals surface area contributed by atoms with E-state index < -0.39 is 0 Å². The molecule has 0 aliphatic heterocycles. The molecular formula is C64H42N2O. The molecule has 314 valence electrons. The Bertz CT molecular complexity index is 3970. The van der Waals surface area contributed by atoms with Gasteiger partial charge in [0.1, 0.15) is 11.2 Å². The molecule has 0 atom stereocenters. The molecule has 0 aliphatic rings. The second kappa shape index (κ2) is 16.0. The molecule has 0 bridgehead atoms. The Kier molecular flexibility index (Phi) is 9.17. The third-order valence-electron chi connectivity index (χ3n) is 13.4. The van der Waals surface area contributed by atoms with Gasteiger partial charge >= 0.3 is 0 Å². The zero-order chi connectivity index (χ0) is 44.3. The average molecular weight is 855 g/mol. The maximum Gasteiger partial charge on any atom is 0.135 e. The fraction of sp³-hybridized carbons (Fsp3) is 0. The molecule has 1 heterocycles. The monoisotopic (exact) mass is 854 g/mol. The van der Waals surface area contributed by atoms with Gasteiger partial charge < -0.3 is 14.2 Å². The lowest BCUT2D eigenvalue weighted by atomic mass is 9.90. The van der Waals surface area contributed by atoms with Crippen LogP contribution in [0.15, 0.2) is 259 Å². The maximum absolute atomic E-state index is 6.33. The highest BCUT2D eigenvalue weighted by molar-refractivity contribution is 6.32. The quantitative estimate of drug-likeness (QED) is 0.142. The van der Waals surface area contributed by atoms with Crippen LogP contribution in [-0.2, 0) is 0 Å². The summed E-state index contributed by atoms with van der Waals surface area (Å²) in [7, 11) is 0. The van der Waals surface area contributed by atoms with Crippen molar-refractivity contribution in [2.75, 3.05) is 9.80 Å². The first-order chi connectivity index (χ1) is 33.2. The van der Waals surface area contributed by atoms with Crippen molar-refractivity contribution >= 4 is 99.2 Å². The summed E-state index contributed by atoms with van der Waals surface area (Å²) in [5.41, 5.74) is 13.0. The van der Waals surface area contributed by atoms with Crippen LogP contribution in [0.3, 0.4) is 0 Å². The fourth-order valence-corrected chi connectivity index (χ4v) is 10.4. The number of benzene rings is 12.